The first-order chi connectivity index (χ1) is 43.7. The molecule has 0 aliphatic carbocycles. The highest BCUT2D eigenvalue weighted by Gasteiger charge is 2.45. The number of halogens is 11. The summed E-state index contributed by atoms with van der Waals surface area (Å²) in [6.07, 6.45) is -6.27. The second kappa shape index (κ2) is 22.7. The van der Waals surface area contributed by atoms with Crippen LogP contribution in [0.15, 0.2) is 71.4 Å². The molecule has 0 saturated heterocycles. The highest BCUT2D eigenvalue weighted by atomic mass is 35.5. The Hall–Kier alpha value is -10.0. The van der Waals surface area contributed by atoms with E-state index in [1.54, 1.807) is 88.7 Å². The lowest BCUT2D eigenvalue weighted by Gasteiger charge is -2.16. The van der Waals surface area contributed by atoms with Gasteiger partial charge in [0.1, 0.15) is 46.5 Å². The minimum Gasteiger partial charge on any atom is -0.383 e. The van der Waals surface area contributed by atoms with Crippen LogP contribution in [0.4, 0.5) is 74.4 Å². The van der Waals surface area contributed by atoms with Gasteiger partial charge in [-0.1, -0.05) is 23.2 Å². The molecule has 0 saturated carbocycles. The lowest BCUT2D eigenvalue weighted by molar-refractivity contribution is -0.134. The maximum absolute atomic E-state index is 14.3. The Morgan fingerprint density at radius 1 is 0.484 bits per heavy atom. The van der Waals surface area contributed by atoms with Crippen molar-refractivity contribution >= 4 is 120 Å². The molecule has 3 aliphatic heterocycles. The summed E-state index contributed by atoms with van der Waals surface area (Å²) in [7, 11) is 0. The normalized spacial score (nSPS) is 15.0. The van der Waals surface area contributed by atoms with Crippen molar-refractivity contribution in [1.29, 1.82) is 0 Å². The zero-order valence-corrected chi connectivity index (χ0v) is 51.5. The molecule has 3 amide bonds. The fourth-order valence-electron chi connectivity index (χ4n) is 11.1. The predicted molar refractivity (Wildman–Crippen MR) is 329 cm³/mol. The number of rotatable bonds is 9. The third-order valence-corrected chi connectivity index (χ3v) is 17.3. The number of nitrogens with zero attached hydrogens (tertiary/aromatic N) is 12. The van der Waals surface area contributed by atoms with Crippen LogP contribution in [-0.2, 0) is 49.9 Å². The van der Waals surface area contributed by atoms with E-state index in [0.29, 0.717) is 71.0 Å². The Morgan fingerprint density at radius 3 is 1.24 bits per heavy atom. The van der Waals surface area contributed by atoms with Crippen LogP contribution in [0, 0.1) is 34.9 Å². The molecule has 0 spiro atoms. The number of anilines is 6. The molecular weight excluding hydrogens is 1290 g/mol. The topological polar surface area (TPSA) is 296 Å². The van der Waals surface area contributed by atoms with E-state index in [0.717, 1.165) is 24.3 Å². The first kappa shape index (κ1) is 63.2. The highest BCUT2D eigenvalue weighted by Crippen LogP contribution is 2.43. The Kier molecular flexibility index (Phi) is 15.4. The van der Waals surface area contributed by atoms with Gasteiger partial charge in [0.05, 0.1) is 66.6 Å². The van der Waals surface area contributed by atoms with Crippen molar-refractivity contribution in [3.8, 4) is 17.8 Å². The van der Waals surface area contributed by atoms with E-state index >= 15 is 0 Å². The second-order valence-corrected chi connectivity index (χ2v) is 24.9. The van der Waals surface area contributed by atoms with Crippen LogP contribution in [-0.4, -0.2) is 83.1 Å². The standard InChI is InChI=1S/C22H16ClF3N6O.C20H15F3N6OS.C18H16ClF3N6O/c1-22(2)16-18(27)28-21(30-19(16)29-20(22)33)32-15-6-3-9(23)7-11(15)14(31-32)8-10-12(24)4-5-13(25)17(10)26;1-20(2)14-16(24)25-19(27-17(14)26-18(20)30)29-13-7-31-6-9(13)12(28-29)5-8-10(21)3-4-11(22)15(8)23;1-17(2)12-13(23)24-16(26-14(12)25-15(17)29)28-11-4-3-8(19)7-9(11)10(27-28)5-6-18(20,21)22/h3-7H,8H2,1-2H3,(H3,27,28,29,30,33);3-4,6-7H,5H2,1-2H3,(H3,24,25,26,27,30);3-4,7H,5-6H2,1-2H3,(H3,23,24,25,26,29). The molecule has 478 valence electrons. The molecule has 21 nitrogen and oxygen atoms in total. The Balaban J connectivity index is 0.000000134. The van der Waals surface area contributed by atoms with Gasteiger partial charge in [0, 0.05) is 73.8 Å². The molecule has 9 N–H and O–H groups in total. The maximum atomic E-state index is 14.3. The van der Waals surface area contributed by atoms with Gasteiger partial charge >= 0.3 is 6.18 Å². The Morgan fingerprint density at radius 2 is 0.839 bits per heavy atom. The van der Waals surface area contributed by atoms with Gasteiger partial charge in [-0.25, -0.2) is 26.3 Å². The van der Waals surface area contributed by atoms with Gasteiger partial charge in [0.25, 0.3) is 17.8 Å². The Labute approximate surface area is 532 Å². The van der Waals surface area contributed by atoms with Crippen molar-refractivity contribution in [3.05, 3.63) is 161 Å². The molecule has 4 aromatic carbocycles. The van der Waals surface area contributed by atoms with Crippen LogP contribution in [0.3, 0.4) is 0 Å². The number of carbonyl (C=O) groups excluding carboxylic acids is 3. The SMILES string of the molecule is CC1(C)C(=O)Nc2nc(-n3nc(CCC(F)(F)F)c4cc(Cl)ccc43)nc(N)c21.CC1(C)C(=O)Nc2nc(-n3nc(Cc4c(F)ccc(F)c4F)c4cc(Cl)ccc43)nc(N)c21.CC1(C)C(=O)Nc2nc(-n3nc(Cc4c(F)ccc(F)c4F)c4cscc43)nc(N)c21. The van der Waals surface area contributed by atoms with Crippen LogP contribution in [0.5, 0.6) is 0 Å². The number of hydrogen-bond acceptors (Lipinski definition) is 16. The maximum Gasteiger partial charge on any atom is 0.389 e. The molecule has 0 atom stereocenters. The van der Waals surface area contributed by atoms with Gasteiger partial charge in [-0.2, -0.15) is 72.4 Å². The molecule has 0 radical (unpaired) electrons. The van der Waals surface area contributed by atoms with E-state index in [1.807, 2.05) is 0 Å². The van der Waals surface area contributed by atoms with Crippen molar-refractivity contribution in [2.45, 2.75) is 89.6 Å². The summed E-state index contributed by atoms with van der Waals surface area (Å²) in [6.45, 7) is 10.3. The van der Waals surface area contributed by atoms with Gasteiger partial charge < -0.3 is 33.2 Å². The summed E-state index contributed by atoms with van der Waals surface area (Å²) in [5.74, 6) is -6.06. The largest absolute Gasteiger partial charge is 0.389 e. The van der Waals surface area contributed by atoms with E-state index in [4.69, 9.17) is 40.4 Å². The second-order valence-electron chi connectivity index (χ2n) is 23.3. The van der Waals surface area contributed by atoms with Crippen LogP contribution in [0.25, 0.3) is 50.6 Å². The molecule has 0 unspecified atom stereocenters. The molecule has 33 heteroatoms. The third kappa shape index (κ3) is 11.0. The van der Waals surface area contributed by atoms with E-state index < -0.39 is 74.9 Å². The van der Waals surface area contributed by atoms with Gasteiger partial charge in [-0.3, -0.25) is 14.4 Å². The lowest BCUT2D eigenvalue weighted by atomic mass is 9.87. The molecule has 7 aromatic heterocycles. The number of aryl methyl sites for hydroxylation is 1. The minimum absolute atomic E-state index is 0.0445. The van der Waals surface area contributed by atoms with Gasteiger partial charge in [-0.15, -0.1) is 11.3 Å². The summed E-state index contributed by atoms with van der Waals surface area (Å²) in [4.78, 5) is 62.9. The quantitative estimate of drug-likeness (QED) is 0.0578. The fourth-order valence-corrected chi connectivity index (χ4v) is 12.3. The predicted octanol–water partition coefficient (Wildman–Crippen LogP) is 11.8. The number of aromatic nitrogens is 12. The smallest absolute Gasteiger partial charge is 0.383 e. The molecule has 11 aromatic rings. The molecule has 14 rings (SSSR count). The number of nitrogen functional groups attached to an aromatic ring is 3. The van der Waals surface area contributed by atoms with Crippen molar-refractivity contribution in [2.24, 2.45) is 0 Å². The van der Waals surface area contributed by atoms with E-state index in [9.17, 15) is 53.9 Å². The first-order valence-electron chi connectivity index (χ1n) is 27.8. The number of benzene rings is 4. The molecule has 3 aliphatic rings. The van der Waals surface area contributed by atoms with Gasteiger partial charge in [0.2, 0.25) is 17.7 Å². The van der Waals surface area contributed by atoms with E-state index in [2.05, 4.69) is 61.2 Å². The monoisotopic (exact) mass is 1340 g/mol. The lowest BCUT2D eigenvalue weighted by Crippen LogP contribution is -2.27. The average Bonchev–Trinajstić information content (AvgIpc) is 1.61. The molecular formula is C60H47Cl2F9N18O3S. The Bertz CT molecular complexity index is 5010. The summed E-state index contributed by atoms with van der Waals surface area (Å²) in [5, 5.41) is 27.1. The summed E-state index contributed by atoms with van der Waals surface area (Å²) >= 11 is 13.5. The summed E-state index contributed by atoms with van der Waals surface area (Å²) in [6, 6.07) is 12.8. The number of nitrogens with two attached hydrogens (primary N) is 3. The molecule has 0 fully saturated rings. The number of fused-ring (bicyclic) bond motifs is 6. The van der Waals surface area contributed by atoms with Gasteiger partial charge in [-0.05, 0) is 102 Å². The first-order valence-corrected chi connectivity index (χ1v) is 29.5. The number of alkyl halides is 3. The van der Waals surface area contributed by atoms with Crippen molar-refractivity contribution < 1.29 is 53.9 Å². The molecule has 10 heterocycles. The van der Waals surface area contributed by atoms with E-state index in [1.165, 1.54) is 25.4 Å². The zero-order valence-electron chi connectivity index (χ0n) is 49.1. The van der Waals surface area contributed by atoms with Crippen LogP contribution < -0.4 is 33.2 Å². The number of carbonyl (C=O) groups is 3. The zero-order chi connectivity index (χ0) is 66.9. The third-order valence-electron chi connectivity index (χ3n) is 16.1. The van der Waals surface area contributed by atoms with Crippen molar-refractivity contribution in [2.75, 3.05) is 33.2 Å². The van der Waals surface area contributed by atoms with Crippen molar-refractivity contribution in [1.82, 2.24) is 59.2 Å². The van der Waals surface area contributed by atoms with Crippen LogP contribution >= 0.6 is 34.5 Å². The number of nitrogens with one attached hydrogen (secondary N) is 3. The van der Waals surface area contributed by atoms with Crippen molar-refractivity contribution in [3.63, 3.8) is 0 Å². The average molecular weight is 1340 g/mol. The highest BCUT2D eigenvalue weighted by molar-refractivity contribution is 7.09. The van der Waals surface area contributed by atoms with E-state index in [-0.39, 0.29) is 95.3 Å². The minimum atomic E-state index is -4.32. The molecule has 0 bridgehead atoms. The number of thiophene rings is 1. The van der Waals surface area contributed by atoms with Crippen LogP contribution in [0.2, 0.25) is 10.0 Å². The fraction of sp³-hybridized carbons (Fsp3) is 0.233. The number of hydrogen-bond donors (Lipinski definition) is 6. The summed E-state index contributed by atoms with van der Waals surface area (Å²) < 4.78 is 126. The van der Waals surface area contributed by atoms with Crippen LogP contribution in [0.1, 0.15) is 92.9 Å². The van der Waals surface area contributed by atoms with Gasteiger partial charge in [0.15, 0.2) is 23.3 Å². The molecule has 93 heavy (non-hydrogen) atoms. The number of amides is 3. The summed E-state index contributed by atoms with van der Waals surface area (Å²) in [5.41, 5.74) is 18.6.